The maximum absolute atomic E-state index is 5.63. The van der Waals surface area contributed by atoms with Gasteiger partial charge in [-0.2, -0.15) is 8.75 Å². The largest absolute Gasteiger partial charge is 0.374 e. The van der Waals surface area contributed by atoms with Crippen LogP contribution in [0.25, 0.3) is 0 Å². The molecule has 0 spiro atoms. The predicted molar refractivity (Wildman–Crippen MR) is 55.2 cm³/mol. The van der Waals surface area contributed by atoms with E-state index >= 15 is 0 Å². The van der Waals surface area contributed by atoms with E-state index in [2.05, 4.69) is 27.9 Å². The minimum atomic E-state index is -0.0521. The summed E-state index contributed by atoms with van der Waals surface area (Å²) in [7, 11) is 0. The fourth-order valence-electron chi connectivity index (χ4n) is 1.73. The van der Waals surface area contributed by atoms with Gasteiger partial charge in [-0.25, -0.2) is 0 Å². The summed E-state index contributed by atoms with van der Waals surface area (Å²) >= 11 is 1.25. The van der Waals surface area contributed by atoms with Crippen LogP contribution in [-0.2, 0) is 11.3 Å². The van der Waals surface area contributed by atoms with Gasteiger partial charge in [-0.05, 0) is 20.3 Å². The molecule has 0 saturated carbocycles. The Hall–Kier alpha value is -0.520. The Morgan fingerprint density at radius 3 is 3.14 bits per heavy atom. The average molecular weight is 213 g/mol. The molecule has 1 aliphatic heterocycles. The van der Waals surface area contributed by atoms with Crippen molar-refractivity contribution >= 4 is 11.7 Å². The Balaban J connectivity index is 1.86. The number of ether oxygens (including phenoxy) is 1. The van der Waals surface area contributed by atoms with Crippen molar-refractivity contribution in [2.24, 2.45) is 0 Å². The van der Waals surface area contributed by atoms with Gasteiger partial charge in [0, 0.05) is 19.2 Å². The zero-order valence-corrected chi connectivity index (χ0v) is 9.30. The predicted octanol–water partition coefficient (Wildman–Crippen LogP) is 1.20. The number of nitrogens with zero attached hydrogens (tertiary/aromatic N) is 2. The van der Waals surface area contributed by atoms with Gasteiger partial charge in [0.15, 0.2) is 0 Å². The van der Waals surface area contributed by atoms with Crippen molar-refractivity contribution in [2.45, 2.75) is 38.5 Å². The first-order valence-corrected chi connectivity index (χ1v) is 5.55. The lowest BCUT2D eigenvalue weighted by Gasteiger charge is -2.26. The van der Waals surface area contributed by atoms with Crippen molar-refractivity contribution in [2.75, 3.05) is 6.61 Å². The topological polar surface area (TPSA) is 47.0 Å². The SMILES string of the molecule is CC1(C)OCCC1NCc1cnsn1. The number of nitrogens with one attached hydrogen (secondary N) is 1. The average Bonchev–Trinajstić information content (AvgIpc) is 2.71. The maximum atomic E-state index is 5.63. The molecule has 1 unspecified atom stereocenters. The highest BCUT2D eigenvalue weighted by Gasteiger charge is 2.35. The molecule has 1 aliphatic rings. The molecule has 0 radical (unpaired) electrons. The third kappa shape index (κ3) is 2.10. The number of hydrogen-bond acceptors (Lipinski definition) is 5. The molecular formula is C9H15N3OS. The van der Waals surface area contributed by atoms with Crippen molar-refractivity contribution in [3.8, 4) is 0 Å². The molecule has 5 heteroatoms. The second kappa shape index (κ2) is 3.92. The Morgan fingerprint density at radius 1 is 1.71 bits per heavy atom. The van der Waals surface area contributed by atoms with Crippen molar-refractivity contribution in [3.05, 3.63) is 11.9 Å². The molecule has 1 saturated heterocycles. The van der Waals surface area contributed by atoms with Crippen molar-refractivity contribution in [1.82, 2.24) is 14.1 Å². The highest BCUT2D eigenvalue weighted by molar-refractivity contribution is 6.99. The summed E-state index contributed by atoms with van der Waals surface area (Å²) in [5.74, 6) is 0. The van der Waals surface area contributed by atoms with Crippen molar-refractivity contribution in [3.63, 3.8) is 0 Å². The van der Waals surface area contributed by atoms with E-state index < -0.39 is 0 Å². The molecule has 0 aliphatic carbocycles. The first kappa shape index (κ1) is 10.0. The van der Waals surface area contributed by atoms with E-state index in [4.69, 9.17) is 4.74 Å². The van der Waals surface area contributed by atoms with Crippen molar-refractivity contribution < 1.29 is 4.74 Å². The van der Waals surface area contributed by atoms with Crippen LogP contribution >= 0.6 is 11.7 Å². The summed E-state index contributed by atoms with van der Waals surface area (Å²) in [6.07, 6.45) is 2.88. The molecule has 1 N–H and O–H groups in total. The Bertz CT molecular complexity index is 286. The number of hydrogen-bond donors (Lipinski definition) is 1. The second-order valence-corrected chi connectivity index (χ2v) is 4.63. The van der Waals surface area contributed by atoms with Crippen molar-refractivity contribution in [1.29, 1.82) is 0 Å². The minimum absolute atomic E-state index is 0.0521. The van der Waals surface area contributed by atoms with Crippen LogP contribution in [-0.4, -0.2) is 27.0 Å². The van der Waals surface area contributed by atoms with E-state index in [9.17, 15) is 0 Å². The zero-order chi connectivity index (χ0) is 10.0. The molecule has 0 bridgehead atoms. The van der Waals surface area contributed by atoms with Crippen LogP contribution in [0.2, 0.25) is 0 Å². The molecule has 2 rings (SSSR count). The highest BCUT2D eigenvalue weighted by atomic mass is 32.1. The molecule has 0 amide bonds. The van der Waals surface area contributed by atoms with Gasteiger partial charge in [0.25, 0.3) is 0 Å². The third-order valence-corrected chi connectivity index (χ3v) is 3.17. The van der Waals surface area contributed by atoms with Gasteiger partial charge < -0.3 is 10.1 Å². The van der Waals surface area contributed by atoms with Crippen LogP contribution in [0.4, 0.5) is 0 Å². The van der Waals surface area contributed by atoms with Gasteiger partial charge >= 0.3 is 0 Å². The maximum Gasteiger partial charge on any atom is 0.0880 e. The molecule has 4 nitrogen and oxygen atoms in total. The number of aromatic nitrogens is 2. The lowest BCUT2D eigenvalue weighted by atomic mass is 9.99. The molecule has 1 aromatic heterocycles. The van der Waals surface area contributed by atoms with Gasteiger partial charge in [-0.1, -0.05) is 0 Å². The fourth-order valence-corrected chi connectivity index (χ4v) is 2.16. The van der Waals surface area contributed by atoms with Crippen LogP contribution in [0.3, 0.4) is 0 Å². The normalized spacial score (nSPS) is 25.4. The van der Waals surface area contributed by atoms with Gasteiger partial charge in [-0.15, -0.1) is 0 Å². The van der Waals surface area contributed by atoms with E-state index in [1.807, 2.05) is 0 Å². The summed E-state index contributed by atoms with van der Waals surface area (Å²) in [5, 5.41) is 3.45. The van der Waals surface area contributed by atoms with E-state index in [-0.39, 0.29) is 5.60 Å². The van der Waals surface area contributed by atoms with Gasteiger partial charge in [0.2, 0.25) is 0 Å². The van der Waals surface area contributed by atoms with E-state index in [1.165, 1.54) is 11.7 Å². The summed E-state index contributed by atoms with van der Waals surface area (Å²) < 4.78 is 13.7. The van der Waals surface area contributed by atoms with Crippen LogP contribution in [0.1, 0.15) is 26.0 Å². The Kier molecular flexibility index (Phi) is 2.80. The van der Waals surface area contributed by atoms with Crippen LogP contribution in [0, 0.1) is 0 Å². The minimum Gasteiger partial charge on any atom is -0.374 e. The summed E-state index contributed by atoms with van der Waals surface area (Å²) in [4.78, 5) is 0. The first-order chi connectivity index (χ1) is 6.68. The molecular weight excluding hydrogens is 198 g/mol. The highest BCUT2D eigenvalue weighted by Crippen LogP contribution is 2.24. The smallest absolute Gasteiger partial charge is 0.0880 e. The molecule has 1 atom stereocenters. The van der Waals surface area contributed by atoms with E-state index in [0.717, 1.165) is 25.3 Å². The standard InChI is InChI=1S/C9H15N3OS/c1-9(2)8(3-4-13-9)10-5-7-6-11-14-12-7/h6,8,10H,3-5H2,1-2H3. The quantitative estimate of drug-likeness (QED) is 0.819. The van der Waals surface area contributed by atoms with Gasteiger partial charge in [0.05, 0.1) is 29.2 Å². The van der Waals surface area contributed by atoms with Crippen LogP contribution in [0.15, 0.2) is 6.20 Å². The molecule has 2 heterocycles. The van der Waals surface area contributed by atoms with E-state index in [1.54, 1.807) is 6.20 Å². The lowest BCUT2D eigenvalue weighted by Crippen LogP contribution is -2.42. The molecule has 0 aromatic carbocycles. The summed E-state index contributed by atoms with van der Waals surface area (Å²) in [6.45, 7) is 5.88. The molecule has 14 heavy (non-hydrogen) atoms. The Labute approximate surface area is 88.0 Å². The molecule has 1 fully saturated rings. The van der Waals surface area contributed by atoms with Crippen LogP contribution in [0.5, 0.6) is 0 Å². The summed E-state index contributed by atoms with van der Waals surface area (Å²) in [5.41, 5.74) is 0.960. The number of rotatable bonds is 3. The second-order valence-electron chi connectivity index (χ2n) is 4.07. The molecule has 1 aromatic rings. The van der Waals surface area contributed by atoms with E-state index in [0.29, 0.717) is 6.04 Å². The third-order valence-electron chi connectivity index (χ3n) is 2.66. The van der Waals surface area contributed by atoms with Gasteiger partial charge in [0.1, 0.15) is 0 Å². The Morgan fingerprint density at radius 2 is 2.57 bits per heavy atom. The first-order valence-electron chi connectivity index (χ1n) is 4.82. The zero-order valence-electron chi connectivity index (χ0n) is 8.49. The molecule has 78 valence electrons. The monoisotopic (exact) mass is 213 g/mol. The lowest BCUT2D eigenvalue weighted by molar-refractivity contribution is 0.0213. The van der Waals surface area contributed by atoms with Gasteiger partial charge in [-0.3, -0.25) is 0 Å². The van der Waals surface area contributed by atoms with Crippen LogP contribution < -0.4 is 5.32 Å². The summed E-state index contributed by atoms with van der Waals surface area (Å²) in [6, 6.07) is 0.421. The fraction of sp³-hybridized carbons (Fsp3) is 0.778.